The molecule has 0 heterocycles. The number of carboxylic acids is 1. The van der Waals surface area contributed by atoms with E-state index in [-0.39, 0.29) is 19.0 Å². The molecule has 0 aliphatic carbocycles. The summed E-state index contributed by atoms with van der Waals surface area (Å²) in [7, 11) is 0. The lowest BCUT2D eigenvalue weighted by molar-refractivity contribution is -0.156. The number of nitrogens with one attached hydrogen (secondary N) is 1. The summed E-state index contributed by atoms with van der Waals surface area (Å²) in [5.74, 6) is -0.00580. The number of para-hydroxylation sites is 2. The third kappa shape index (κ3) is 9.06. The molecule has 0 spiro atoms. The second kappa shape index (κ2) is 15.5. The van der Waals surface area contributed by atoms with E-state index in [9.17, 15) is 19.5 Å². The minimum absolute atomic E-state index is 0.0276. The van der Waals surface area contributed by atoms with Crippen molar-refractivity contribution in [2.24, 2.45) is 0 Å². The highest BCUT2D eigenvalue weighted by atomic mass is 79.9. The van der Waals surface area contributed by atoms with Crippen LogP contribution >= 0.6 is 15.9 Å². The van der Waals surface area contributed by atoms with Gasteiger partial charge in [-0.05, 0) is 83.8 Å². The van der Waals surface area contributed by atoms with Crippen LogP contribution in [-0.2, 0) is 29.1 Å². The van der Waals surface area contributed by atoms with Gasteiger partial charge in [0.2, 0.25) is 0 Å². The minimum Gasteiger partial charge on any atom is -0.474 e. The van der Waals surface area contributed by atoms with Gasteiger partial charge >= 0.3 is 11.9 Å². The molecule has 0 aliphatic heterocycles. The first-order chi connectivity index (χ1) is 22.3. The summed E-state index contributed by atoms with van der Waals surface area (Å²) < 4.78 is 12.2. The molecule has 0 bridgehead atoms. The molecule has 5 rings (SSSR count). The quantitative estimate of drug-likeness (QED) is 0.132. The van der Waals surface area contributed by atoms with E-state index in [0.29, 0.717) is 40.1 Å². The van der Waals surface area contributed by atoms with E-state index in [1.807, 2.05) is 84.9 Å². The van der Waals surface area contributed by atoms with Gasteiger partial charge in [-0.2, -0.15) is 0 Å². The lowest BCUT2D eigenvalue weighted by atomic mass is 10.1. The molecule has 2 N–H and O–H groups in total. The Morgan fingerprint density at radius 3 is 1.70 bits per heavy atom. The average molecular weight is 680 g/mol. The average Bonchev–Trinajstić information content (AvgIpc) is 3.07. The molecule has 0 saturated carbocycles. The van der Waals surface area contributed by atoms with Gasteiger partial charge in [0.05, 0.1) is 0 Å². The number of carboxylic acid groups (broad SMARTS) is 1. The van der Waals surface area contributed by atoms with Gasteiger partial charge in [-0.25, -0.2) is 4.79 Å². The van der Waals surface area contributed by atoms with Crippen molar-refractivity contribution in [2.75, 3.05) is 6.54 Å². The second-order valence-corrected chi connectivity index (χ2v) is 11.3. The van der Waals surface area contributed by atoms with Crippen molar-refractivity contribution in [3.05, 3.63) is 154 Å². The largest absolute Gasteiger partial charge is 0.474 e. The lowest BCUT2D eigenvalue weighted by Gasteiger charge is -2.22. The lowest BCUT2D eigenvalue weighted by Crippen LogP contribution is -2.35. The zero-order valence-corrected chi connectivity index (χ0v) is 26.4. The number of ether oxygens (including phenoxy) is 2. The van der Waals surface area contributed by atoms with E-state index in [1.165, 1.54) is 4.90 Å². The Hall–Kier alpha value is -5.41. The van der Waals surface area contributed by atoms with E-state index in [4.69, 9.17) is 9.47 Å². The molecular formula is C37H31BrN2O6. The topological polar surface area (TPSA) is 105 Å². The number of rotatable bonds is 12. The molecule has 0 aromatic heterocycles. The van der Waals surface area contributed by atoms with Gasteiger partial charge in [0, 0.05) is 29.7 Å². The maximum Gasteiger partial charge on any atom is 0.394 e. The van der Waals surface area contributed by atoms with Crippen LogP contribution in [0.25, 0.3) is 0 Å². The molecule has 2 amide bonds. The Bertz CT molecular complexity index is 1780. The summed E-state index contributed by atoms with van der Waals surface area (Å²) >= 11 is 3.50. The van der Waals surface area contributed by atoms with Crippen LogP contribution in [0.15, 0.2) is 132 Å². The first-order valence-corrected chi connectivity index (χ1v) is 15.4. The first kappa shape index (κ1) is 32.0. The predicted molar refractivity (Wildman–Crippen MR) is 178 cm³/mol. The number of hydrogen-bond acceptors (Lipinski definition) is 5. The van der Waals surface area contributed by atoms with Gasteiger partial charge in [0.15, 0.2) is 0 Å². The highest BCUT2D eigenvalue weighted by molar-refractivity contribution is 9.10. The number of hydrogen-bond donors (Lipinski definition) is 2. The van der Waals surface area contributed by atoms with Crippen molar-refractivity contribution >= 4 is 33.7 Å². The molecule has 0 radical (unpaired) electrons. The summed E-state index contributed by atoms with van der Waals surface area (Å²) in [6, 6.07) is 38.8. The molecule has 9 heteroatoms. The molecule has 232 valence electrons. The number of nitrogens with zero attached hydrogens (tertiary/aromatic N) is 1. The fourth-order valence-electron chi connectivity index (χ4n) is 4.64. The van der Waals surface area contributed by atoms with Gasteiger partial charge in [0.1, 0.15) is 23.0 Å². The van der Waals surface area contributed by atoms with Gasteiger partial charge in [-0.3, -0.25) is 9.59 Å². The first-order valence-electron chi connectivity index (χ1n) is 14.6. The monoisotopic (exact) mass is 678 g/mol. The van der Waals surface area contributed by atoms with Crippen LogP contribution in [0.1, 0.15) is 27.0 Å². The molecular weight excluding hydrogens is 648 g/mol. The van der Waals surface area contributed by atoms with Crippen molar-refractivity contribution in [3.8, 4) is 23.0 Å². The molecule has 0 aliphatic rings. The van der Waals surface area contributed by atoms with Crippen molar-refractivity contribution in [3.63, 3.8) is 0 Å². The SMILES string of the molecule is O=C(O)C(=O)N(Cc1ccc(Oc2ccccc2)cc1)Cc1ccc(C(=O)NCCc2ccc(Oc3ccccc3)cc2)cc1Br. The number of carbonyl (C=O) groups is 3. The van der Waals surface area contributed by atoms with Crippen LogP contribution in [0.5, 0.6) is 23.0 Å². The summed E-state index contributed by atoms with van der Waals surface area (Å²) in [5.41, 5.74) is 2.89. The predicted octanol–water partition coefficient (Wildman–Crippen LogP) is 7.62. The summed E-state index contributed by atoms with van der Waals surface area (Å²) in [6.07, 6.45) is 0.641. The zero-order chi connectivity index (χ0) is 32.3. The molecule has 5 aromatic rings. The van der Waals surface area contributed by atoms with E-state index in [1.54, 1.807) is 42.5 Å². The summed E-state index contributed by atoms with van der Waals surface area (Å²) in [5, 5.41) is 12.4. The third-order valence-electron chi connectivity index (χ3n) is 7.02. The van der Waals surface area contributed by atoms with Crippen LogP contribution < -0.4 is 14.8 Å². The third-order valence-corrected chi connectivity index (χ3v) is 7.76. The minimum atomic E-state index is -1.55. The molecule has 0 fully saturated rings. The Morgan fingerprint density at radius 2 is 1.17 bits per heavy atom. The Kier molecular flexibility index (Phi) is 10.8. The van der Waals surface area contributed by atoms with Crippen molar-refractivity contribution < 1.29 is 29.0 Å². The Morgan fingerprint density at radius 1 is 0.652 bits per heavy atom. The number of aliphatic carboxylic acids is 1. The zero-order valence-electron chi connectivity index (χ0n) is 24.8. The summed E-state index contributed by atoms with van der Waals surface area (Å²) in [4.78, 5) is 38.3. The molecule has 0 unspecified atom stereocenters. The molecule has 8 nitrogen and oxygen atoms in total. The maximum absolute atomic E-state index is 12.9. The van der Waals surface area contributed by atoms with Crippen LogP contribution in [-0.4, -0.2) is 34.3 Å². The van der Waals surface area contributed by atoms with E-state index in [0.717, 1.165) is 22.6 Å². The molecule has 5 aromatic carbocycles. The van der Waals surface area contributed by atoms with E-state index < -0.39 is 11.9 Å². The fraction of sp³-hybridized carbons (Fsp3) is 0.108. The number of amides is 2. The fourth-order valence-corrected chi connectivity index (χ4v) is 5.14. The van der Waals surface area contributed by atoms with Crippen LogP contribution in [0, 0.1) is 0 Å². The van der Waals surface area contributed by atoms with Crippen LogP contribution in [0.4, 0.5) is 0 Å². The maximum atomic E-state index is 12.9. The number of carbonyl (C=O) groups excluding carboxylic acids is 2. The Balaban J connectivity index is 1.15. The number of benzene rings is 5. The van der Waals surface area contributed by atoms with Gasteiger partial charge in [-0.1, -0.05) is 82.7 Å². The normalized spacial score (nSPS) is 10.5. The van der Waals surface area contributed by atoms with Gasteiger partial charge in [0.25, 0.3) is 5.91 Å². The second-order valence-electron chi connectivity index (χ2n) is 10.4. The highest BCUT2D eigenvalue weighted by Crippen LogP contribution is 2.25. The van der Waals surface area contributed by atoms with Gasteiger partial charge in [-0.15, -0.1) is 0 Å². The van der Waals surface area contributed by atoms with Crippen molar-refractivity contribution in [1.29, 1.82) is 0 Å². The van der Waals surface area contributed by atoms with Crippen molar-refractivity contribution in [1.82, 2.24) is 10.2 Å². The Labute approximate surface area is 275 Å². The van der Waals surface area contributed by atoms with Crippen molar-refractivity contribution in [2.45, 2.75) is 19.5 Å². The highest BCUT2D eigenvalue weighted by Gasteiger charge is 2.23. The van der Waals surface area contributed by atoms with E-state index >= 15 is 0 Å². The van der Waals surface area contributed by atoms with Crippen LogP contribution in [0.2, 0.25) is 0 Å². The van der Waals surface area contributed by atoms with E-state index in [2.05, 4.69) is 21.2 Å². The smallest absolute Gasteiger partial charge is 0.394 e. The standard InChI is InChI=1S/C37H31BrN2O6/c38-34-23-28(35(41)39-22-21-26-11-17-32(18-12-26)45-30-7-3-1-4-8-30)15-16-29(34)25-40(36(42)37(43)44)24-27-13-19-33(20-14-27)46-31-9-5-2-6-10-31/h1-20,23H,21-22,24-25H2,(H,39,41)(H,43,44). The molecule has 0 saturated heterocycles. The van der Waals surface area contributed by atoms with Crippen LogP contribution in [0.3, 0.4) is 0 Å². The molecule has 46 heavy (non-hydrogen) atoms. The number of halogens is 1. The summed E-state index contributed by atoms with van der Waals surface area (Å²) in [6.45, 7) is 0.539. The molecule has 0 atom stereocenters. The van der Waals surface area contributed by atoms with Gasteiger partial charge < -0.3 is 24.8 Å².